The predicted molar refractivity (Wildman–Crippen MR) is 157 cm³/mol. The molecule has 2 heterocycles. The van der Waals surface area contributed by atoms with Crippen LogP contribution in [0.5, 0.6) is 0 Å². The number of rotatable bonds is 14. The Morgan fingerprint density at radius 1 is 1.18 bits per heavy atom. The molecule has 1 fully saturated rings. The monoisotopic (exact) mass is 594 g/mol. The smallest absolute Gasteiger partial charge is 0.400 e. The lowest BCUT2D eigenvalue weighted by Gasteiger charge is -2.18. The first-order valence-electron chi connectivity index (χ1n) is 13.8. The Hall–Kier alpha value is -2.12. The van der Waals surface area contributed by atoms with E-state index in [2.05, 4.69) is 20.1 Å². The van der Waals surface area contributed by atoms with E-state index in [1.165, 1.54) is 22.9 Å². The second-order valence-corrected chi connectivity index (χ2v) is 9.74. The summed E-state index contributed by atoms with van der Waals surface area (Å²) in [6.07, 6.45) is 7.14. The van der Waals surface area contributed by atoms with Crippen LogP contribution >= 0.6 is 7.82 Å². The van der Waals surface area contributed by atoms with E-state index in [1.54, 1.807) is 0 Å². The van der Waals surface area contributed by atoms with Gasteiger partial charge in [-0.3, -0.25) is 28.2 Å². The lowest BCUT2D eigenvalue weighted by molar-refractivity contribution is -0.116. The minimum Gasteiger partial charge on any atom is -0.400 e. The zero-order valence-corrected chi connectivity index (χ0v) is 26.2. The van der Waals surface area contributed by atoms with Crippen molar-refractivity contribution in [3.8, 4) is 0 Å². The maximum absolute atomic E-state index is 12.3. The summed E-state index contributed by atoms with van der Waals surface area (Å²) in [6.45, 7) is 11.2. The molecular formula is C26H51N4O9P. The van der Waals surface area contributed by atoms with Gasteiger partial charge < -0.3 is 25.4 Å². The first kappa shape index (κ1) is 40.0. The number of phosphoric ester groups is 1. The number of aliphatic hydroxyl groups excluding tert-OH is 1. The first-order valence-corrected chi connectivity index (χ1v) is 15.3. The molecule has 40 heavy (non-hydrogen) atoms. The summed E-state index contributed by atoms with van der Waals surface area (Å²) >= 11 is 0. The maximum Gasteiger partial charge on any atom is 0.472 e. The number of amides is 1. The number of nitrogens with zero attached hydrogens (tertiary/aromatic N) is 1. The van der Waals surface area contributed by atoms with Crippen LogP contribution in [0.3, 0.4) is 0 Å². The quantitative estimate of drug-likeness (QED) is 0.122. The number of nitrogens with one attached hydrogen (secondary N) is 3. The standard InChI is InChI=1S/C21H35N4O8P.2C2H6.CH4O/c1-15-12-19(33-17(15)14-32-34(29,30)31-3)25-13-16(20(27)24-21(25)28)8-9-18(26)23-11-7-5-4-6-10-22-2;3*1-2/h8-9,13,15,17,19,22H,4-7,10-12,14H2,1-3H3,(H,23,26)(H,29,30)(H,24,27,28);2*1-2H3;2H,1H3/b9-8+;;;. The molecule has 234 valence electrons. The molecule has 4 unspecified atom stereocenters. The molecule has 1 aromatic heterocycles. The van der Waals surface area contributed by atoms with Crippen molar-refractivity contribution in [2.24, 2.45) is 5.92 Å². The van der Waals surface area contributed by atoms with Crippen LogP contribution in [0.15, 0.2) is 21.9 Å². The number of ether oxygens (including phenoxy) is 1. The second-order valence-electron chi connectivity index (χ2n) is 8.18. The summed E-state index contributed by atoms with van der Waals surface area (Å²) in [5.74, 6) is -0.425. The van der Waals surface area contributed by atoms with E-state index in [4.69, 9.17) is 14.4 Å². The highest BCUT2D eigenvalue weighted by Crippen LogP contribution is 2.43. The zero-order chi connectivity index (χ0) is 31.1. The molecule has 14 heteroatoms. The molecule has 0 radical (unpaired) electrons. The second kappa shape index (κ2) is 23.6. The summed E-state index contributed by atoms with van der Waals surface area (Å²) in [7, 11) is -0.175. The number of carbonyl (C=O) groups is 1. The molecule has 1 aliphatic rings. The summed E-state index contributed by atoms with van der Waals surface area (Å²) in [5, 5.41) is 12.9. The number of carbonyl (C=O) groups excluding carboxylic acids is 1. The third-order valence-corrected chi connectivity index (χ3v) is 6.48. The van der Waals surface area contributed by atoms with Crippen molar-refractivity contribution in [2.75, 3.05) is 41.0 Å². The molecule has 0 bridgehead atoms. The molecule has 13 nitrogen and oxygen atoms in total. The van der Waals surface area contributed by atoms with Gasteiger partial charge in [-0.15, -0.1) is 0 Å². The highest BCUT2D eigenvalue weighted by Gasteiger charge is 2.36. The Kier molecular flexibility index (Phi) is 23.6. The van der Waals surface area contributed by atoms with E-state index >= 15 is 0 Å². The molecule has 0 aliphatic carbocycles. The number of hydrogen-bond acceptors (Lipinski definition) is 9. The van der Waals surface area contributed by atoms with Gasteiger partial charge in [-0.1, -0.05) is 47.5 Å². The van der Waals surface area contributed by atoms with E-state index in [1.807, 2.05) is 41.7 Å². The molecule has 0 saturated carbocycles. The fourth-order valence-electron chi connectivity index (χ4n) is 3.51. The molecule has 2 rings (SSSR count). The minimum absolute atomic E-state index is 0.0938. The average molecular weight is 595 g/mol. The fraction of sp³-hybridized carbons (Fsp3) is 0.731. The SMILES string of the molecule is CC.CC.CNCCCCCCNC(=O)/C=C/c1cn(C2CC(C)C(COP(=O)(O)OC)O2)c(=O)[nH]c1=O.CO. The van der Waals surface area contributed by atoms with Gasteiger partial charge in [0.15, 0.2) is 0 Å². The van der Waals surface area contributed by atoms with Crippen LogP contribution in [-0.2, 0) is 23.1 Å². The van der Waals surface area contributed by atoms with E-state index < -0.39 is 31.4 Å². The van der Waals surface area contributed by atoms with Crippen LogP contribution in [0.25, 0.3) is 6.08 Å². The van der Waals surface area contributed by atoms with Crippen LogP contribution in [0.4, 0.5) is 0 Å². The van der Waals surface area contributed by atoms with Crippen molar-refractivity contribution in [1.29, 1.82) is 0 Å². The molecular weight excluding hydrogens is 543 g/mol. The normalized spacial score (nSPS) is 19.3. The highest BCUT2D eigenvalue weighted by atomic mass is 31.2. The average Bonchev–Trinajstić information content (AvgIpc) is 3.34. The van der Waals surface area contributed by atoms with Crippen molar-refractivity contribution in [3.63, 3.8) is 0 Å². The number of phosphoric acid groups is 1. The zero-order valence-electron chi connectivity index (χ0n) is 25.3. The Labute approximate surface area is 237 Å². The van der Waals surface area contributed by atoms with Crippen molar-refractivity contribution < 1.29 is 33.1 Å². The van der Waals surface area contributed by atoms with Gasteiger partial charge >= 0.3 is 13.5 Å². The van der Waals surface area contributed by atoms with Crippen molar-refractivity contribution in [3.05, 3.63) is 38.7 Å². The van der Waals surface area contributed by atoms with Crippen molar-refractivity contribution >= 4 is 19.8 Å². The fourth-order valence-corrected chi connectivity index (χ4v) is 3.95. The van der Waals surface area contributed by atoms with Gasteiger partial charge in [0.1, 0.15) is 6.23 Å². The van der Waals surface area contributed by atoms with E-state index in [-0.39, 0.29) is 24.0 Å². The Morgan fingerprint density at radius 2 is 1.77 bits per heavy atom. The molecule has 1 saturated heterocycles. The minimum atomic E-state index is -4.15. The van der Waals surface area contributed by atoms with Gasteiger partial charge in [0.2, 0.25) is 5.91 Å². The third kappa shape index (κ3) is 15.6. The highest BCUT2D eigenvalue weighted by molar-refractivity contribution is 7.47. The van der Waals surface area contributed by atoms with Crippen molar-refractivity contribution in [2.45, 2.75) is 79.1 Å². The summed E-state index contributed by atoms with van der Waals surface area (Å²) in [5.41, 5.74) is -1.16. The summed E-state index contributed by atoms with van der Waals surface area (Å²) in [6, 6.07) is 0. The van der Waals surface area contributed by atoms with Crippen LogP contribution in [-0.4, -0.2) is 72.5 Å². The Morgan fingerprint density at radius 3 is 2.35 bits per heavy atom. The van der Waals surface area contributed by atoms with Gasteiger partial charge in [-0.25, -0.2) is 9.36 Å². The van der Waals surface area contributed by atoms with Gasteiger partial charge in [-0.2, -0.15) is 0 Å². The van der Waals surface area contributed by atoms with E-state index in [0.717, 1.165) is 46.4 Å². The molecule has 1 aliphatic heterocycles. The molecule has 0 spiro atoms. The number of aliphatic hydroxyl groups is 1. The van der Waals surface area contributed by atoms with Crippen molar-refractivity contribution in [1.82, 2.24) is 20.2 Å². The topological polar surface area (TPSA) is 181 Å². The van der Waals surface area contributed by atoms with Crippen LogP contribution in [0.2, 0.25) is 0 Å². The Balaban J connectivity index is 0. The largest absolute Gasteiger partial charge is 0.472 e. The summed E-state index contributed by atoms with van der Waals surface area (Å²) in [4.78, 5) is 48.2. The molecule has 1 aromatic rings. The first-order chi connectivity index (χ1) is 19.2. The number of hydrogen-bond donors (Lipinski definition) is 5. The molecule has 5 N–H and O–H groups in total. The molecule has 0 aromatic carbocycles. The number of unbranched alkanes of at least 4 members (excludes halogenated alkanes) is 3. The van der Waals surface area contributed by atoms with E-state index in [9.17, 15) is 23.8 Å². The van der Waals surface area contributed by atoms with Gasteiger partial charge in [-0.05, 0) is 44.8 Å². The number of aromatic nitrogens is 2. The van der Waals surface area contributed by atoms with E-state index in [0.29, 0.717) is 13.0 Å². The number of aromatic amines is 1. The molecule has 1 amide bonds. The van der Waals surface area contributed by atoms with Crippen LogP contribution in [0, 0.1) is 5.92 Å². The lowest BCUT2D eigenvalue weighted by Crippen LogP contribution is -2.33. The summed E-state index contributed by atoms with van der Waals surface area (Å²) < 4.78 is 27.8. The number of H-pyrrole nitrogens is 1. The molecule has 4 atom stereocenters. The van der Waals surface area contributed by atoms with Crippen LogP contribution in [0.1, 0.15) is 78.5 Å². The maximum atomic E-state index is 12.3. The van der Waals surface area contributed by atoms with Gasteiger partial charge in [0.25, 0.3) is 5.56 Å². The van der Waals surface area contributed by atoms with Crippen LogP contribution < -0.4 is 21.9 Å². The predicted octanol–water partition coefficient (Wildman–Crippen LogP) is 2.79. The van der Waals surface area contributed by atoms with Gasteiger partial charge in [0.05, 0.1) is 18.3 Å². The third-order valence-electron chi connectivity index (χ3n) is 5.55. The van der Waals surface area contributed by atoms with Gasteiger partial charge in [0, 0.05) is 33.0 Å². The Bertz CT molecular complexity index is 997. The lowest BCUT2D eigenvalue weighted by atomic mass is 10.0.